The minimum absolute atomic E-state index is 0.332. The molecular weight excluding hydrogens is 275 g/mol. The highest BCUT2D eigenvalue weighted by Gasteiger charge is 2.38. The average molecular weight is 305 g/mol. The molecule has 0 N–H and O–H groups in total. The van der Waals surface area contributed by atoms with Crippen LogP contribution < -0.4 is 0 Å². The summed E-state index contributed by atoms with van der Waals surface area (Å²) in [5.41, 5.74) is 0.665. The third kappa shape index (κ3) is 4.78. The molecule has 1 nitrogen and oxygen atoms in total. The Bertz CT molecular complexity index is 263. The van der Waals surface area contributed by atoms with Gasteiger partial charge >= 0.3 is 0 Å². The molecule has 2 aliphatic carbocycles. The summed E-state index contributed by atoms with van der Waals surface area (Å²) in [6.45, 7) is -2.47. The Hall–Kier alpha value is 0.520. The first-order valence-corrected chi connectivity index (χ1v) is 11.3. The maximum Gasteiger partial charge on any atom is 0.175 e. The predicted molar refractivity (Wildman–Crippen MR) is 85.7 cm³/mol. The molecule has 0 aliphatic heterocycles. The first-order valence-electron chi connectivity index (χ1n) is 8.50. The van der Waals surface area contributed by atoms with Crippen molar-refractivity contribution >= 4 is 17.7 Å². The Morgan fingerprint density at radius 2 is 0.842 bits per heavy atom. The summed E-state index contributed by atoms with van der Waals surface area (Å²) in [5.74, 6) is 0. The lowest BCUT2D eigenvalue weighted by molar-refractivity contribution is 0.464. The van der Waals surface area contributed by atoms with Crippen LogP contribution in [0.3, 0.4) is 0 Å². The van der Waals surface area contributed by atoms with Gasteiger partial charge in [0.1, 0.15) is 0 Å². The molecule has 0 heterocycles. The molecule has 0 atom stereocenters. The van der Waals surface area contributed by atoms with Crippen molar-refractivity contribution in [3.63, 3.8) is 0 Å². The van der Waals surface area contributed by atoms with Gasteiger partial charge in [-0.25, -0.2) is 0 Å². The molecule has 0 radical (unpaired) electrons. The smallest absolute Gasteiger partial charge is 0.175 e. The van der Waals surface area contributed by atoms with E-state index in [1.807, 2.05) is 0 Å². The fraction of sp³-hybridized carbons (Fsp3) is 1.00. The monoisotopic (exact) mass is 304 g/mol. The number of halogens is 1. The van der Waals surface area contributed by atoms with Gasteiger partial charge in [0.25, 0.3) is 0 Å². The number of hydrogen-bond donors (Lipinski definition) is 0. The molecule has 112 valence electrons. The standard InChI is InChI=1S/C16H30ClOP/c17-19(18,15-11-7-3-1-4-8-12-15)16-13-9-5-2-6-10-14-16/h15-16H,1-14H2. The molecule has 0 aromatic carbocycles. The zero-order valence-electron chi connectivity index (χ0n) is 12.3. The largest absolute Gasteiger partial charge is 0.306 e. The second kappa shape index (κ2) is 8.08. The SMILES string of the molecule is O=P(Cl)(C1CCCCCCC1)C1CCCCCCC1. The molecule has 0 unspecified atom stereocenters. The third-order valence-corrected chi connectivity index (χ3v) is 9.83. The zero-order valence-corrected chi connectivity index (χ0v) is 13.9. The van der Waals surface area contributed by atoms with Crippen molar-refractivity contribution in [3.05, 3.63) is 0 Å². The van der Waals surface area contributed by atoms with Gasteiger partial charge in [-0.3, -0.25) is 0 Å². The zero-order chi connectivity index (χ0) is 13.6. The lowest BCUT2D eigenvalue weighted by atomic mass is 10.00. The van der Waals surface area contributed by atoms with Crippen LogP contribution in [0.2, 0.25) is 0 Å². The molecule has 2 fully saturated rings. The van der Waals surface area contributed by atoms with E-state index in [0.29, 0.717) is 11.3 Å². The number of hydrogen-bond acceptors (Lipinski definition) is 1. The molecule has 0 bridgehead atoms. The van der Waals surface area contributed by atoms with Crippen LogP contribution in [0, 0.1) is 0 Å². The van der Waals surface area contributed by atoms with E-state index in [1.165, 1.54) is 64.2 Å². The van der Waals surface area contributed by atoms with E-state index in [4.69, 9.17) is 11.2 Å². The van der Waals surface area contributed by atoms with Gasteiger partial charge in [0.05, 0.1) is 0 Å². The summed E-state index contributed by atoms with van der Waals surface area (Å²) in [5, 5.41) is 0. The summed E-state index contributed by atoms with van der Waals surface area (Å²) >= 11 is 6.70. The molecule has 19 heavy (non-hydrogen) atoms. The van der Waals surface area contributed by atoms with E-state index in [1.54, 1.807) is 0 Å². The van der Waals surface area contributed by atoms with Gasteiger partial charge in [0.2, 0.25) is 0 Å². The van der Waals surface area contributed by atoms with E-state index in [-0.39, 0.29) is 0 Å². The van der Waals surface area contributed by atoms with Crippen molar-refractivity contribution in [1.82, 2.24) is 0 Å². The van der Waals surface area contributed by atoms with Crippen LogP contribution in [0.1, 0.15) is 89.9 Å². The molecule has 2 aliphatic rings. The van der Waals surface area contributed by atoms with Crippen molar-refractivity contribution in [1.29, 1.82) is 0 Å². The van der Waals surface area contributed by atoms with Gasteiger partial charge in [-0.05, 0) is 25.7 Å². The summed E-state index contributed by atoms with van der Waals surface area (Å²) in [7, 11) is 0. The molecule has 2 rings (SSSR count). The first-order chi connectivity index (χ1) is 9.21. The third-order valence-electron chi connectivity index (χ3n) is 5.15. The Kier molecular flexibility index (Phi) is 6.76. The van der Waals surface area contributed by atoms with Crippen LogP contribution >= 0.6 is 17.7 Å². The second-order valence-electron chi connectivity index (χ2n) is 6.62. The topological polar surface area (TPSA) is 17.1 Å². The predicted octanol–water partition coefficient (Wildman–Crippen LogP) is 6.73. The summed E-state index contributed by atoms with van der Waals surface area (Å²) in [6.07, 6.45) is 17.5. The van der Waals surface area contributed by atoms with Gasteiger partial charge in [0.15, 0.2) is 6.49 Å². The van der Waals surface area contributed by atoms with E-state index in [2.05, 4.69) is 0 Å². The van der Waals surface area contributed by atoms with Crippen molar-refractivity contribution in [3.8, 4) is 0 Å². The fourth-order valence-corrected chi connectivity index (χ4v) is 7.78. The maximum atomic E-state index is 13.2. The first kappa shape index (κ1) is 15.9. The summed E-state index contributed by atoms with van der Waals surface area (Å²) in [6, 6.07) is 0. The van der Waals surface area contributed by atoms with E-state index < -0.39 is 6.49 Å². The van der Waals surface area contributed by atoms with Gasteiger partial charge in [-0.15, -0.1) is 0 Å². The van der Waals surface area contributed by atoms with Crippen molar-refractivity contribution in [2.24, 2.45) is 0 Å². The summed E-state index contributed by atoms with van der Waals surface area (Å²) in [4.78, 5) is 0. The maximum absolute atomic E-state index is 13.2. The summed E-state index contributed by atoms with van der Waals surface area (Å²) < 4.78 is 13.2. The highest BCUT2D eigenvalue weighted by Crippen LogP contribution is 2.65. The average Bonchev–Trinajstić information content (AvgIpc) is 2.26. The lowest BCUT2D eigenvalue weighted by Gasteiger charge is -2.31. The van der Waals surface area contributed by atoms with Gasteiger partial charge < -0.3 is 4.57 Å². The van der Waals surface area contributed by atoms with Crippen LogP contribution in [0.4, 0.5) is 0 Å². The normalized spacial score (nSPS) is 26.2. The highest BCUT2D eigenvalue weighted by molar-refractivity contribution is 7.90. The van der Waals surface area contributed by atoms with E-state index in [0.717, 1.165) is 25.7 Å². The van der Waals surface area contributed by atoms with Crippen molar-refractivity contribution in [2.45, 2.75) is 101 Å². The highest BCUT2D eigenvalue weighted by atomic mass is 35.7. The number of rotatable bonds is 2. The quantitative estimate of drug-likeness (QED) is 0.517. The molecule has 0 aromatic heterocycles. The van der Waals surface area contributed by atoms with E-state index in [9.17, 15) is 4.57 Å². The van der Waals surface area contributed by atoms with Gasteiger partial charge in [-0.2, -0.15) is 0 Å². The lowest BCUT2D eigenvalue weighted by Crippen LogP contribution is -2.18. The molecule has 0 spiro atoms. The van der Waals surface area contributed by atoms with E-state index >= 15 is 0 Å². The molecule has 0 saturated heterocycles. The minimum Gasteiger partial charge on any atom is -0.306 e. The fourth-order valence-electron chi connectivity index (χ4n) is 3.87. The Morgan fingerprint density at radius 1 is 0.579 bits per heavy atom. The molecule has 0 aromatic rings. The molecule has 2 saturated carbocycles. The van der Waals surface area contributed by atoms with Crippen molar-refractivity contribution in [2.75, 3.05) is 0 Å². The Labute approximate surface area is 124 Å². The van der Waals surface area contributed by atoms with Gasteiger partial charge in [-0.1, -0.05) is 75.4 Å². The second-order valence-corrected chi connectivity index (χ2v) is 10.9. The molecule has 0 amide bonds. The van der Waals surface area contributed by atoms with Crippen LogP contribution in [0.15, 0.2) is 0 Å². The molecule has 3 heteroatoms. The van der Waals surface area contributed by atoms with Crippen LogP contribution in [0.25, 0.3) is 0 Å². The van der Waals surface area contributed by atoms with Crippen LogP contribution in [0.5, 0.6) is 0 Å². The van der Waals surface area contributed by atoms with Crippen molar-refractivity contribution < 1.29 is 4.57 Å². The van der Waals surface area contributed by atoms with Crippen LogP contribution in [-0.2, 0) is 4.57 Å². The Morgan fingerprint density at radius 3 is 1.16 bits per heavy atom. The molecular formula is C16H30ClOP. The van der Waals surface area contributed by atoms with Gasteiger partial charge in [0, 0.05) is 11.3 Å². The Balaban J connectivity index is 1.98. The van der Waals surface area contributed by atoms with Crippen LogP contribution in [-0.4, -0.2) is 11.3 Å². The minimum atomic E-state index is -2.47.